The van der Waals surface area contributed by atoms with Crippen molar-refractivity contribution < 1.29 is 19.4 Å². The van der Waals surface area contributed by atoms with Crippen molar-refractivity contribution in [2.45, 2.75) is 6.42 Å². The molecular weight excluding hydrogens is 314 g/mol. The lowest BCUT2D eigenvalue weighted by Gasteiger charge is -2.07. The van der Waals surface area contributed by atoms with Crippen molar-refractivity contribution in [3.05, 3.63) is 46.3 Å². The minimum atomic E-state index is -1.07. The van der Waals surface area contributed by atoms with Gasteiger partial charge in [0.1, 0.15) is 10.8 Å². The molecule has 2 aromatic rings. The molecule has 1 amide bonds. The Morgan fingerprint density at radius 1 is 1.33 bits per heavy atom. The van der Waals surface area contributed by atoms with Crippen molar-refractivity contribution in [2.24, 2.45) is 0 Å². The summed E-state index contributed by atoms with van der Waals surface area (Å²) < 4.78 is 5.40. The predicted octanol–water partition coefficient (Wildman–Crippen LogP) is 3.51. The summed E-state index contributed by atoms with van der Waals surface area (Å²) in [6.07, 6.45) is 0.115. The number of anilines is 1. The number of carboxylic acid groups (broad SMARTS) is 1. The van der Waals surface area contributed by atoms with Crippen molar-refractivity contribution in [3.63, 3.8) is 0 Å². The molecule has 0 aliphatic heterocycles. The zero-order valence-electron chi connectivity index (χ0n) is 10.8. The van der Waals surface area contributed by atoms with Crippen LogP contribution in [0.15, 0.2) is 35.7 Å². The minimum absolute atomic E-state index is 0.0871. The zero-order valence-corrected chi connectivity index (χ0v) is 12.4. The molecule has 7 heteroatoms. The molecule has 110 valence electrons. The predicted molar refractivity (Wildman–Crippen MR) is 81.5 cm³/mol. The van der Waals surface area contributed by atoms with E-state index in [1.165, 1.54) is 17.4 Å². The number of rotatable bonds is 6. The fourth-order valence-electron chi connectivity index (χ4n) is 1.58. The summed E-state index contributed by atoms with van der Waals surface area (Å²) in [4.78, 5) is 22.7. The second-order valence-electron chi connectivity index (χ2n) is 4.07. The Hall–Kier alpha value is -2.05. The fourth-order valence-corrected chi connectivity index (χ4v) is 2.56. The van der Waals surface area contributed by atoms with Gasteiger partial charge in [0.25, 0.3) is 0 Å². The smallest absolute Gasteiger partial charge is 0.338 e. The summed E-state index contributed by atoms with van der Waals surface area (Å²) >= 11 is 6.98. The number of aromatic carboxylic acids is 1. The van der Waals surface area contributed by atoms with Gasteiger partial charge in [-0.2, -0.15) is 0 Å². The molecule has 0 fully saturated rings. The molecule has 2 N–H and O–H groups in total. The molecule has 0 aliphatic carbocycles. The summed E-state index contributed by atoms with van der Waals surface area (Å²) in [6, 6.07) is 8.33. The number of amides is 1. The lowest BCUT2D eigenvalue weighted by Crippen LogP contribution is -2.16. The maximum atomic E-state index is 11.7. The van der Waals surface area contributed by atoms with Gasteiger partial charge in [-0.1, -0.05) is 17.7 Å². The van der Waals surface area contributed by atoms with Crippen molar-refractivity contribution in [2.75, 3.05) is 11.9 Å². The second-order valence-corrected chi connectivity index (χ2v) is 5.43. The average Bonchev–Trinajstić information content (AvgIpc) is 2.87. The highest BCUT2D eigenvalue weighted by Crippen LogP contribution is 2.23. The summed E-state index contributed by atoms with van der Waals surface area (Å²) in [5.41, 5.74) is 0.0871. The maximum absolute atomic E-state index is 11.7. The lowest BCUT2D eigenvalue weighted by molar-refractivity contribution is -0.116. The number of carboxylic acids is 1. The molecule has 0 radical (unpaired) electrons. The van der Waals surface area contributed by atoms with Gasteiger partial charge >= 0.3 is 5.97 Å². The van der Waals surface area contributed by atoms with Crippen LogP contribution in [-0.4, -0.2) is 23.6 Å². The van der Waals surface area contributed by atoms with Crippen LogP contribution >= 0.6 is 22.9 Å². The molecule has 2 rings (SSSR count). The first-order chi connectivity index (χ1) is 10.1. The van der Waals surface area contributed by atoms with Crippen LogP contribution in [0.1, 0.15) is 16.8 Å². The van der Waals surface area contributed by atoms with E-state index in [1.807, 2.05) is 0 Å². The number of hydrogen-bond acceptors (Lipinski definition) is 4. The van der Waals surface area contributed by atoms with Crippen molar-refractivity contribution >= 4 is 39.8 Å². The van der Waals surface area contributed by atoms with E-state index in [9.17, 15) is 9.59 Å². The molecule has 0 spiro atoms. The first-order valence-corrected chi connectivity index (χ1v) is 7.31. The quantitative estimate of drug-likeness (QED) is 0.852. The van der Waals surface area contributed by atoms with Crippen LogP contribution in [0.2, 0.25) is 5.02 Å². The molecule has 0 saturated heterocycles. The number of benzene rings is 1. The third-order valence-electron chi connectivity index (χ3n) is 2.54. The van der Waals surface area contributed by atoms with Crippen LogP contribution in [0.5, 0.6) is 5.75 Å². The van der Waals surface area contributed by atoms with Gasteiger partial charge in [0, 0.05) is 5.02 Å². The molecule has 1 aromatic carbocycles. The summed E-state index contributed by atoms with van der Waals surface area (Å²) in [7, 11) is 0. The monoisotopic (exact) mass is 325 g/mol. The molecule has 1 heterocycles. The van der Waals surface area contributed by atoms with Gasteiger partial charge in [0.05, 0.1) is 18.6 Å². The zero-order chi connectivity index (χ0) is 15.2. The van der Waals surface area contributed by atoms with Gasteiger partial charge in [-0.25, -0.2) is 4.79 Å². The number of halogens is 1. The molecule has 21 heavy (non-hydrogen) atoms. The third-order valence-corrected chi connectivity index (χ3v) is 3.61. The van der Waals surface area contributed by atoms with E-state index < -0.39 is 5.97 Å². The molecule has 0 aliphatic rings. The first kappa shape index (κ1) is 15.3. The van der Waals surface area contributed by atoms with Crippen molar-refractivity contribution in [1.82, 2.24) is 0 Å². The van der Waals surface area contributed by atoms with Crippen LogP contribution in [0, 0.1) is 0 Å². The topological polar surface area (TPSA) is 75.6 Å². The number of thiophene rings is 1. The Morgan fingerprint density at radius 3 is 2.86 bits per heavy atom. The lowest BCUT2D eigenvalue weighted by atomic mass is 10.3. The Bertz CT molecular complexity index is 656. The summed E-state index contributed by atoms with van der Waals surface area (Å²) in [5, 5.41) is 14.0. The second kappa shape index (κ2) is 7.10. The molecule has 0 atom stereocenters. The van der Waals surface area contributed by atoms with Crippen molar-refractivity contribution in [3.8, 4) is 5.75 Å². The van der Waals surface area contributed by atoms with E-state index in [0.29, 0.717) is 15.8 Å². The molecule has 0 unspecified atom stereocenters. The van der Waals surface area contributed by atoms with E-state index in [4.69, 9.17) is 21.4 Å². The molecule has 5 nitrogen and oxygen atoms in total. The van der Waals surface area contributed by atoms with Gasteiger partial charge in [-0.05, 0) is 29.6 Å². The normalized spacial score (nSPS) is 10.1. The highest BCUT2D eigenvalue weighted by molar-refractivity contribution is 7.14. The van der Waals surface area contributed by atoms with E-state index in [0.717, 1.165) is 0 Å². The number of nitrogens with one attached hydrogen (secondary N) is 1. The van der Waals surface area contributed by atoms with Crippen LogP contribution in [0.25, 0.3) is 0 Å². The van der Waals surface area contributed by atoms with Gasteiger partial charge in [0.2, 0.25) is 5.91 Å². The van der Waals surface area contributed by atoms with Gasteiger partial charge in [-0.15, -0.1) is 11.3 Å². The summed E-state index contributed by atoms with van der Waals surface area (Å²) in [6.45, 7) is 0.181. The van der Waals surface area contributed by atoms with Gasteiger partial charge < -0.3 is 15.2 Å². The fraction of sp³-hybridized carbons (Fsp3) is 0.143. The van der Waals surface area contributed by atoms with E-state index in [-0.39, 0.29) is 24.5 Å². The number of carbonyl (C=O) groups excluding carboxylic acids is 1. The van der Waals surface area contributed by atoms with Gasteiger partial charge in [-0.3, -0.25) is 4.79 Å². The highest BCUT2D eigenvalue weighted by Gasteiger charge is 2.13. The highest BCUT2D eigenvalue weighted by atomic mass is 35.5. The number of ether oxygens (including phenoxy) is 1. The maximum Gasteiger partial charge on any atom is 0.338 e. The van der Waals surface area contributed by atoms with Gasteiger partial charge in [0.15, 0.2) is 0 Å². The standard InChI is InChI=1S/C14H12ClNO4S/c15-9-2-1-3-10(8-9)20-6-4-12(17)16-13-11(14(18)19)5-7-21-13/h1-3,5,7-8H,4,6H2,(H,16,17)(H,18,19). The van der Waals surface area contributed by atoms with Crippen LogP contribution in [-0.2, 0) is 4.79 Å². The first-order valence-electron chi connectivity index (χ1n) is 6.05. The average molecular weight is 326 g/mol. The third kappa shape index (κ3) is 4.47. The van der Waals surface area contributed by atoms with Crippen LogP contribution in [0.3, 0.4) is 0 Å². The molecule has 0 saturated carbocycles. The Morgan fingerprint density at radius 2 is 2.14 bits per heavy atom. The number of hydrogen-bond donors (Lipinski definition) is 2. The molecule has 1 aromatic heterocycles. The Kier molecular flexibility index (Phi) is 5.19. The number of carbonyl (C=O) groups is 2. The van der Waals surface area contributed by atoms with Crippen molar-refractivity contribution in [1.29, 1.82) is 0 Å². The van der Waals surface area contributed by atoms with Crippen LogP contribution < -0.4 is 10.1 Å². The van der Waals surface area contributed by atoms with E-state index in [1.54, 1.807) is 29.6 Å². The minimum Gasteiger partial charge on any atom is -0.493 e. The van der Waals surface area contributed by atoms with Crippen LogP contribution in [0.4, 0.5) is 5.00 Å². The Labute approximate surface area is 130 Å². The van der Waals surface area contributed by atoms with E-state index in [2.05, 4.69) is 5.32 Å². The Balaban J connectivity index is 1.82. The SMILES string of the molecule is O=C(CCOc1cccc(Cl)c1)Nc1sccc1C(=O)O. The molecule has 0 bridgehead atoms. The molecular formula is C14H12ClNO4S. The summed E-state index contributed by atoms with van der Waals surface area (Å²) in [5.74, 6) is -0.790. The largest absolute Gasteiger partial charge is 0.493 e. The van der Waals surface area contributed by atoms with E-state index >= 15 is 0 Å².